The molecule has 4 rings (SSSR count). The number of hydrogen-bond donors (Lipinski definition) is 0. The number of aromatic nitrogens is 1. The Morgan fingerprint density at radius 3 is 2.72 bits per heavy atom. The van der Waals surface area contributed by atoms with Gasteiger partial charge in [-0.25, -0.2) is 4.98 Å². The van der Waals surface area contributed by atoms with Crippen LogP contribution in [-0.2, 0) is 4.79 Å². The number of carbonyl (C=O) groups is 1. The summed E-state index contributed by atoms with van der Waals surface area (Å²) >= 11 is 5.95. The van der Waals surface area contributed by atoms with Crippen LogP contribution in [0.2, 0.25) is 5.02 Å². The molecule has 136 valence electrons. The highest BCUT2D eigenvalue weighted by Gasteiger charge is 2.48. The molecule has 3 heterocycles. The number of pyridine rings is 1. The van der Waals surface area contributed by atoms with Crippen molar-refractivity contribution in [1.82, 2.24) is 9.88 Å². The van der Waals surface area contributed by atoms with Crippen LogP contribution in [0, 0.1) is 11.3 Å². The SMILES string of the molecule is O=C1N(CC2CCCCC2)CCC[C@@]12CCN(c1ccc(Cl)cn1)C2. The lowest BCUT2D eigenvalue weighted by atomic mass is 9.77. The molecule has 1 aromatic heterocycles. The maximum atomic E-state index is 13.3. The molecule has 1 saturated carbocycles. The standard InChI is InChI=1S/C20H28ClN3O/c21-17-7-8-18(22-13-17)24-12-10-20(15-24)9-4-11-23(19(20)25)14-16-5-2-1-3-6-16/h7-8,13,16H,1-6,9-12,14-15H2/t20-/m0/s1. The van der Waals surface area contributed by atoms with Crippen molar-refractivity contribution in [2.75, 3.05) is 31.1 Å². The van der Waals surface area contributed by atoms with E-state index in [0.717, 1.165) is 57.2 Å². The predicted molar refractivity (Wildman–Crippen MR) is 101 cm³/mol. The molecule has 1 aliphatic carbocycles. The number of amides is 1. The van der Waals surface area contributed by atoms with E-state index in [4.69, 9.17) is 11.6 Å². The summed E-state index contributed by atoms with van der Waals surface area (Å²) in [5, 5.41) is 0.657. The molecule has 0 aromatic carbocycles. The Bertz CT molecular complexity index is 614. The molecule has 3 aliphatic rings. The minimum atomic E-state index is -0.186. The van der Waals surface area contributed by atoms with Gasteiger partial charge in [-0.05, 0) is 50.2 Å². The zero-order valence-electron chi connectivity index (χ0n) is 14.9. The minimum absolute atomic E-state index is 0.186. The summed E-state index contributed by atoms with van der Waals surface area (Å²) in [6.07, 6.45) is 11.5. The molecule has 0 radical (unpaired) electrons. The molecule has 4 nitrogen and oxygen atoms in total. The Morgan fingerprint density at radius 1 is 1.12 bits per heavy atom. The van der Waals surface area contributed by atoms with E-state index >= 15 is 0 Å². The number of rotatable bonds is 3. The van der Waals surface area contributed by atoms with E-state index in [0.29, 0.717) is 10.9 Å². The highest BCUT2D eigenvalue weighted by atomic mass is 35.5. The quantitative estimate of drug-likeness (QED) is 0.812. The fourth-order valence-corrected chi connectivity index (χ4v) is 5.12. The molecular weight excluding hydrogens is 334 g/mol. The summed E-state index contributed by atoms with van der Waals surface area (Å²) in [5.41, 5.74) is -0.186. The molecular formula is C20H28ClN3O. The molecule has 0 N–H and O–H groups in total. The van der Waals surface area contributed by atoms with Gasteiger partial charge in [-0.2, -0.15) is 0 Å². The van der Waals surface area contributed by atoms with Gasteiger partial charge in [-0.15, -0.1) is 0 Å². The first-order valence-electron chi connectivity index (χ1n) is 9.82. The minimum Gasteiger partial charge on any atom is -0.356 e. The number of likely N-dealkylation sites (tertiary alicyclic amines) is 1. The second kappa shape index (κ2) is 7.14. The second-order valence-corrected chi connectivity index (χ2v) is 8.58. The number of anilines is 1. The van der Waals surface area contributed by atoms with Gasteiger partial charge in [0.25, 0.3) is 0 Å². The lowest BCUT2D eigenvalue weighted by Gasteiger charge is -2.41. The Hall–Kier alpha value is -1.29. The monoisotopic (exact) mass is 361 g/mol. The van der Waals surface area contributed by atoms with Crippen LogP contribution in [0.25, 0.3) is 0 Å². The number of piperidine rings is 1. The molecule has 0 bridgehead atoms. The summed E-state index contributed by atoms with van der Waals surface area (Å²) in [5.74, 6) is 2.07. The third-order valence-corrected chi connectivity index (χ3v) is 6.64. The Kier molecular flexibility index (Phi) is 4.90. The van der Waals surface area contributed by atoms with Crippen molar-refractivity contribution in [3.63, 3.8) is 0 Å². The number of nitrogens with zero attached hydrogens (tertiary/aromatic N) is 3. The third-order valence-electron chi connectivity index (χ3n) is 6.42. The van der Waals surface area contributed by atoms with E-state index in [1.165, 1.54) is 32.1 Å². The van der Waals surface area contributed by atoms with Gasteiger partial charge >= 0.3 is 0 Å². The second-order valence-electron chi connectivity index (χ2n) is 8.15. The summed E-state index contributed by atoms with van der Waals surface area (Å²) < 4.78 is 0. The summed E-state index contributed by atoms with van der Waals surface area (Å²) in [4.78, 5) is 22.2. The summed E-state index contributed by atoms with van der Waals surface area (Å²) in [6, 6.07) is 3.85. The average molecular weight is 362 g/mol. The van der Waals surface area contributed by atoms with Crippen LogP contribution in [0.15, 0.2) is 18.3 Å². The first-order chi connectivity index (χ1) is 12.2. The van der Waals surface area contributed by atoms with Crippen molar-refractivity contribution in [2.45, 2.75) is 51.4 Å². The Morgan fingerprint density at radius 2 is 1.96 bits per heavy atom. The van der Waals surface area contributed by atoms with Gasteiger partial charge in [0.1, 0.15) is 5.82 Å². The van der Waals surface area contributed by atoms with Gasteiger partial charge in [0.15, 0.2) is 0 Å². The highest BCUT2D eigenvalue weighted by Crippen LogP contribution is 2.42. The lowest BCUT2D eigenvalue weighted by Crippen LogP contribution is -2.51. The molecule has 5 heteroatoms. The van der Waals surface area contributed by atoms with Crippen LogP contribution in [0.4, 0.5) is 5.82 Å². The summed E-state index contributed by atoms with van der Waals surface area (Å²) in [7, 11) is 0. The molecule has 2 aliphatic heterocycles. The van der Waals surface area contributed by atoms with Gasteiger partial charge in [-0.3, -0.25) is 4.79 Å². The van der Waals surface area contributed by atoms with Gasteiger partial charge in [0.2, 0.25) is 5.91 Å². The van der Waals surface area contributed by atoms with E-state index in [1.54, 1.807) is 6.20 Å². The van der Waals surface area contributed by atoms with Crippen LogP contribution in [0.5, 0.6) is 0 Å². The maximum absolute atomic E-state index is 13.3. The molecule has 0 unspecified atom stereocenters. The van der Waals surface area contributed by atoms with Crippen LogP contribution in [-0.4, -0.2) is 42.0 Å². The predicted octanol–water partition coefficient (Wildman–Crippen LogP) is 4.13. The van der Waals surface area contributed by atoms with E-state index in [-0.39, 0.29) is 5.41 Å². The number of halogens is 1. The van der Waals surface area contributed by atoms with Crippen molar-refractivity contribution in [2.24, 2.45) is 11.3 Å². The topological polar surface area (TPSA) is 36.4 Å². The average Bonchev–Trinajstić information content (AvgIpc) is 3.06. The molecule has 1 amide bonds. The number of hydrogen-bond acceptors (Lipinski definition) is 3. The third kappa shape index (κ3) is 3.51. The molecule has 1 atom stereocenters. The maximum Gasteiger partial charge on any atom is 0.230 e. The highest BCUT2D eigenvalue weighted by molar-refractivity contribution is 6.30. The van der Waals surface area contributed by atoms with Gasteiger partial charge in [-0.1, -0.05) is 30.9 Å². The zero-order valence-corrected chi connectivity index (χ0v) is 15.7. The van der Waals surface area contributed by atoms with Crippen LogP contribution in [0.3, 0.4) is 0 Å². The van der Waals surface area contributed by atoms with E-state index < -0.39 is 0 Å². The smallest absolute Gasteiger partial charge is 0.230 e. The molecule has 1 spiro atoms. The fourth-order valence-electron chi connectivity index (χ4n) is 5.01. The summed E-state index contributed by atoms with van der Waals surface area (Å²) in [6.45, 7) is 3.66. The molecule has 2 saturated heterocycles. The normalized spacial score (nSPS) is 28.1. The van der Waals surface area contributed by atoms with Gasteiger partial charge < -0.3 is 9.80 Å². The van der Waals surface area contributed by atoms with Crippen LogP contribution >= 0.6 is 11.6 Å². The largest absolute Gasteiger partial charge is 0.356 e. The lowest BCUT2D eigenvalue weighted by molar-refractivity contribution is -0.145. The molecule has 25 heavy (non-hydrogen) atoms. The van der Waals surface area contributed by atoms with Crippen LogP contribution in [0.1, 0.15) is 51.4 Å². The first-order valence-corrected chi connectivity index (χ1v) is 10.2. The van der Waals surface area contributed by atoms with Gasteiger partial charge in [0.05, 0.1) is 10.4 Å². The van der Waals surface area contributed by atoms with Crippen molar-refractivity contribution >= 4 is 23.3 Å². The van der Waals surface area contributed by atoms with Crippen LogP contribution < -0.4 is 4.90 Å². The first kappa shape index (κ1) is 17.1. The van der Waals surface area contributed by atoms with E-state index in [1.807, 2.05) is 12.1 Å². The van der Waals surface area contributed by atoms with Crippen molar-refractivity contribution in [3.8, 4) is 0 Å². The van der Waals surface area contributed by atoms with E-state index in [2.05, 4.69) is 14.8 Å². The van der Waals surface area contributed by atoms with Crippen molar-refractivity contribution < 1.29 is 4.79 Å². The molecule has 3 fully saturated rings. The Balaban J connectivity index is 1.44. The fraction of sp³-hybridized carbons (Fsp3) is 0.700. The van der Waals surface area contributed by atoms with E-state index in [9.17, 15) is 4.79 Å². The molecule has 1 aromatic rings. The van der Waals surface area contributed by atoms with Crippen molar-refractivity contribution in [3.05, 3.63) is 23.4 Å². The van der Waals surface area contributed by atoms with Gasteiger partial charge in [0, 0.05) is 32.4 Å². The van der Waals surface area contributed by atoms with Crippen molar-refractivity contribution in [1.29, 1.82) is 0 Å². The number of carbonyl (C=O) groups excluding carboxylic acids is 1. The zero-order chi connectivity index (χ0) is 17.3. The Labute approximate surface area is 155 Å².